The van der Waals surface area contributed by atoms with Crippen molar-refractivity contribution < 1.29 is 62.5 Å². The predicted molar refractivity (Wildman–Crippen MR) is 284 cm³/mol. The molecule has 0 radical (unpaired) electrons. The van der Waals surface area contributed by atoms with Crippen LogP contribution in [0.1, 0.15) is 108 Å². The number of nitrogens with one attached hydrogen (secondary N) is 5. The zero-order valence-corrected chi connectivity index (χ0v) is 45.2. The van der Waals surface area contributed by atoms with E-state index in [0.29, 0.717) is 47.9 Å². The van der Waals surface area contributed by atoms with Gasteiger partial charge in [0.25, 0.3) is 5.56 Å². The first kappa shape index (κ1) is 61.4. The number of anilines is 1. The summed E-state index contributed by atoms with van der Waals surface area (Å²) in [5.41, 5.74) is 12.2. The van der Waals surface area contributed by atoms with Gasteiger partial charge in [-0.25, -0.2) is 34.4 Å². The number of likely N-dealkylation sites (tertiary alicyclic amines) is 1. The topological polar surface area (TPSA) is 321 Å². The summed E-state index contributed by atoms with van der Waals surface area (Å²) in [6.45, 7) is 15.0. The summed E-state index contributed by atoms with van der Waals surface area (Å²) >= 11 is 0. The zero-order chi connectivity index (χ0) is 56.9. The molecule has 24 heteroatoms. The first-order valence-corrected chi connectivity index (χ1v) is 25.5. The number of aliphatic hydroxyl groups is 1. The highest BCUT2D eigenvalue weighted by atomic mass is 16.7. The Balaban J connectivity index is 0.000000288. The first-order valence-electron chi connectivity index (χ1n) is 25.5. The Bertz CT molecular complexity index is 2810. The van der Waals surface area contributed by atoms with Crippen molar-refractivity contribution in [2.75, 3.05) is 52.2 Å². The highest BCUT2D eigenvalue weighted by Crippen LogP contribution is 2.39. The standard InChI is InChI=1S/C24H35N5O7.C23H21N3O6.C4H10N2O.C2H6/c1-16(2)21(27-23(33)28-36-13-10-17(3)30)22(32)25-14-20(31)26-19-8-6-18(7-9-19)15-35-24(34)29-11-4-5-12-29;1-4-12-13-7-11(32-23(30)25(2)3)5-6-17(13)24-19-15(12)9-26-18(19)8-14-16(21(26)28)10-31-22(29)20(14)27;1-2-3-6-4(5)7;1-2/h6-9,16,21H,4-5,10-15H2,1-3H3,(H,25,32)(H,26,31)(H2,27,28,33);5-8,20,27H,4,9-10H2,1-3H3;2-3H2,1H3,(H3,5,6,7);1-2H3. The highest BCUT2D eigenvalue weighted by Gasteiger charge is 2.35. The number of ketones is 1. The number of aromatic nitrogens is 2. The Hall–Kier alpha value is -8.12. The number of carbonyl (C=O) groups excluding carboxylic acids is 8. The van der Waals surface area contributed by atoms with E-state index >= 15 is 0 Å². The molecule has 7 rings (SSSR count). The molecule has 2 aromatic heterocycles. The number of aryl methyl sites for hydroxylation is 1. The maximum absolute atomic E-state index is 13.1. The van der Waals surface area contributed by atoms with Crippen molar-refractivity contribution >= 4 is 64.4 Å². The predicted octanol–water partition coefficient (Wildman–Crippen LogP) is 4.94. The third kappa shape index (κ3) is 17.5. The Kier molecular flexibility index (Phi) is 23.8. The number of esters is 1. The number of amides is 8. The summed E-state index contributed by atoms with van der Waals surface area (Å²) in [5, 5.41) is 21.2. The van der Waals surface area contributed by atoms with Crippen LogP contribution in [-0.4, -0.2) is 125 Å². The van der Waals surface area contributed by atoms with Crippen molar-refractivity contribution in [3.8, 4) is 17.1 Å². The normalized spacial score (nSPS) is 13.9. The van der Waals surface area contributed by atoms with Gasteiger partial charge >= 0.3 is 30.2 Å². The van der Waals surface area contributed by atoms with E-state index in [4.69, 9.17) is 29.8 Å². The second-order valence-electron chi connectivity index (χ2n) is 18.2. The summed E-state index contributed by atoms with van der Waals surface area (Å²) < 4.78 is 17.2. The van der Waals surface area contributed by atoms with Crippen LogP contribution < -0.4 is 42.8 Å². The van der Waals surface area contributed by atoms with Crippen molar-refractivity contribution in [3.63, 3.8) is 0 Å². The van der Waals surface area contributed by atoms with Crippen molar-refractivity contribution in [2.45, 2.75) is 112 Å². The van der Waals surface area contributed by atoms with Crippen LogP contribution in [0, 0.1) is 5.92 Å². The number of urea groups is 2. The number of hydrogen-bond donors (Lipinski definition) is 7. The fourth-order valence-corrected chi connectivity index (χ4v) is 7.92. The summed E-state index contributed by atoms with van der Waals surface area (Å²) in [4.78, 5) is 119. The molecule has 8 amide bonds. The molecule has 2 aromatic carbocycles. The number of carbonyl (C=O) groups is 8. The van der Waals surface area contributed by atoms with Crippen LogP contribution in [0.4, 0.5) is 24.9 Å². The Labute approximate surface area is 446 Å². The Morgan fingerprint density at radius 1 is 0.948 bits per heavy atom. The number of hydroxylamine groups is 1. The number of aliphatic hydroxyl groups excluding tert-OH is 1. The average Bonchev–Trinajstić information content (AvgIpc) is 4.09. The first-order chi connectivity index (χ1) is 36.7. The number of ether oxygens (including phenoxy) is 3. The van der Waals surface area contributed by atoms with E-state index in [-0.39, 0.29) is 67.3 Å². The second-order valence-corrected chi connectivity index (χ2v) is 18.2. The largest absolute Gasteiger partial charge is 0.458 e. The number of benzene rings is 2. The van der Waals surface area contributed by atoms with Crippen molar-refractivity contribution in [3.05, 3.63) is 86.7 Å². The van der Waals surface area contributed by atoms with Gasteiger partial charge in [0.15, 0.2) is 6.10 Å². The number of hydrogen-bond acceptors (Lipinski definition) is 15. The van der Waals surface area contributed by atoms with Gasteiger partial charge in [0.2, 0.25) is 11.8 Å². The van der Waals surface area contributed by atoms with Gasteiger partial charge in [0.1, 0.15) is 30.8 Å². The van der Waals surface area contributed by atoms with Crippen LogP contribution in [0.3, 0.4) is 0 Å². The van der Waals surface area contributed by atoms with Crippen molar-refractivity contribution in [1.29, 1.82) is 0 Å². The number of rotatable bonds is 16. The van der Waals surface area contributed by atoms with Gasteiger partial charge in [-0.2, -0.15) is 0 Å². The van der Waals surface area contributed by atoms with Crippen LogP contribution in [0.25, 0.3) is 22.3 Å². The molecular weight excluding hydrogens is 1000 g/mol. The van der Waals surface area contributed by atoms with Gasteiger partial charge < -0.3 is 60.7 Å². The second kappa shape index (κ2) is 29.8. The van der Waals surface area contributed by atoms with Crippen LogP contribution in [-0.2, 0) is 59.7 Å². The van der Waals surface area contributed by atoms with E-state index in [1.54, 1.807) is 85.9 Å². The number of cyclic esters (lactones) is 1. The van der Waals surface area contributed by atoms with Crippen molar-refractivity contribution in [2.24, 2.45) is 11.7 Å². The van der Waals surface area contributed by atoms with E-state index in [1.807, 2.05) is 27.7 Å². The maximum Gasteiger partial charge on any atom is 0.414 e. The fraction of sp³-hybridized carbons (Fsp3) is 0.472. The van der Waals surface area contributed by atoms with Crippen LogP contribution in [0.15, 0.2) is 53.3 Å². The molecule has 418 valence electrons. The molecule has 2 atom stereocenters. The van der Waals surface area contributed by atoms with Gasteiger partial charge in [-0.15, -0.1) is 0 Å². The van der Waals surface area contributed by atoms with Gasteiger partial charge in [0, 0.05) is 62.4 Å². The van der Waals surface area contributed by atoms with Crippen molar-refractivity contribution in [1.82, 2.24) is 40.8 Å². The molecule has 5 heterocycles. The number of Topliss-reactive ketones (excluding diaryl/α,β-unsaturated/α-hetero) is 1. The lowest BCUT2D eigenvalue weighted by atomic mass is 9.97. The monoisotopic (exact) mass is 1070 g/mol. The van der Waals surface area contributed by atoms with Gasteiger partial charge in [-0.1, -0.05) is 53.7 Å². The quantitative estimate of drug-likeness (QED) is 0.0391. The number of nitrogens with zero attached hydrogens (tertiary/aromatic N) is 4. The molecule has 4 aromatic rings. The molecule has 3 aliphatic heterocycles. The van der Waals surface area contributed by atoms with E-state index in [9.17, 15) is 48.3 Å². The Morgan fingerprint density at radius 3 is 2.23 bits per heavy atom. The van der Waals surface area contributed by atoms with Crippen LogP contribution in [0.2, 0.25) is 0 Å². The summed E-state index contributed by atoms with van der Waals surface area (Å²) in [6.07, 6.45) is 1.46. The molecule has 1 saturated heterocycles. The lowest BCUT2D eigenvalue weighted by Gasteiger charge is -2.21. The third-order valence-electron chi connectivity index (χ3n) is 11.9. The minimum Gasteiger partial charge on any atom is -0.458 e. The molecule has 2 unspecified atom stereocenters. The molecule has 0 spiro atoms. The van der Waals surface area contributed by atoms with E-state index in [1.165, 1.54) is 11.8 Å². The minimum atomic E-state index is -1.48. The molecule has 77 heavy (non-hydrogen) atoms. The molecule has 0 saturated carbocycles. The van der Waals surface area contributed by atoms with Crippen LogP contribution in [0.5, 0.6) is 5.75 Å². The number of pyridine rings is 2. The number of primary amides is 1. The Morgan fingerprint density at radius 2 is 1.64 bits per heavy atom. The highest BCUT2D eigenvalue weighted by molar-refractivity contribution is 5.96. The van der Waals surface area contributed by atoms with E-state index < -0.39 is 48.1 Å². The third-order valence-corrected chi connectivity index (χ3v) is 11.9. The summed E-state index contributed by atoms with van der Waals surface area (Å²) in [5.74, 6) is -1.67. The maximum atomic E-state index is 13.1. The lowest BCUT2D eigenvalue weighted by molar-refractivity contribution is -0.157. The molecular formula is C53H72N10O14. The molecule has 3 aliphatic rings. The molecule has 0 aliphatic carbocycles. The van der Waals surface area contributed by atoms with Crippen LogP contribution >= 0.6 is 0 Å². The van der Waals surface area contributed by atoms with Gasteiger partial charge in [-0.05, 0) is 86.1 Å². The van der Waals surface area contributed by atoms with E-state index in [0.717, 1.165) is 54.4 Å². The molecule has 0 bridgehead atoms. The lowest BCUT2D eigenvalue weighted by Crippen LogP contribution is -2.53. The fourth-order valence-electron chi connectivity index (χ4n) is 7.92. The van der Waals surface area contributed by atoms with Gasteiger partial charge in [-0.3, -0.25) is 24.0 Å². The smallest absolute Gasteiger partial charge is 0.414 e. The van der Waals surface area contributed by atoms with E-state index in [2.05, 4.69) is 26.7 Å². The molecule has 1 fully saturated rings. The van der Waals surface area contributed by atoms with Gasteiger partial charge in [0.05, 0.1) is 42.2 Å². The number of fused-ring (bicyclic) bond motifs is 5. The molecule has 24 nitrogen and oxygen atoms in total. The zero-order valence-electron chi connectivity index (χ0n) is 45.2. The average molecular weight is 1070 g/mol. The summed E-state index contributed by atoms with van der Waals surface area (Å²) in [6, 6.07) is 11.6. The molecule has 8 N–H and O–H groups in total. The summed E-state index contributed by atoms with van der Waals surface area (Å²) in [7, 11) is 3.22. The minimum absolute atomic E-state index is 0.0200. The SMILES string of the molecule is CC.CC(=O)CCONC(=O)NC(C(=O)NCC(=O)Nc1ccc(COC(=O)N2CCCC2)cc1)C(C)C.CCCNC(N)=O.CCc1c2c(nc3ccc(OC(=O)N(C)C)cc13)-c1cc3c(c(=O)n1C2)COC(=O)C3O. The number of nitrogens with two attached hydrogens (primary N) is 1.